The van der Waals surface area contributed by atoms with E-state index < -0.39 is 50.9 Å². The summed E-state index contributed by atoms with van der Waals surface area (Å²) in [6.07, 6.45) is 1.92. The highest BCUT2D eigenvalue weighted by atomic mass is 35.5. The van der Waals surface area contributed by atoms with Gasteiger partial charge in [-0.3, -0.25) is 4.79 Å². The second-order valence-corrected chi connectivity index (χ2v) is 11.6. The SMILES string of the molecule is Cc1c(-c2ccc(Cl)cc2F)c(C(=O)N2C=CC=CC2CS(C)(=O)=O)n(Cc2ccccc2)c1C(F)(F)F. The minimum absolute atomic E-state index is 0.0360. The molecule has 2 aromatic carbocycles. The van der Waals surface area contributed by atoms with E-state index in [9.17, 15) is 26.4 Å². The molecule has 38 heavy (non-hydrogen) atoms. The minimum Gasteiger partial charge on any atom is -0.328 e. The summed E-state index contributed by atoms with van der Waals surface area (Å²) in [5.41, 5.74) is -1.86. The van der Waals surface area contributed by atoms with Crippen molar-refractivity contribution in [3.63, 3.8) is 0 Å². The van der Waals surface area contributed by atoms with Crippen LogP contribution in [0, 0.1) is 12.7 Å². The monoisotopic (exact) mass is 566 g/mol. The van der Waals surface area contributed by atoms with Gasteiger partial charge < -0.3 is 9.47 Å². The van der Waals surface area contributed by atoms with Crippen molar-refractivity contribution in [1.29, 1.82) is 0 Å². The maximum absolute atomic E-state index is 15.2. The Morgan fingerprint density at radius 2 is 1.76 bits per heavy atom. The molecule has 1 unspecified atom stereocenters. The number of benzene rings is 2. The first-order chi connectivity index (χ1) is 17.8. The first kappa shape index (κ1) is 27.7. The summed E-state index contributed by atoms with van der Waals surface area (Å²) >= 11 is 5.89. The van der Waals surface area contributed by atoms with Crippen LogP contribution in [-0.4, -0.2) is 41.8 Å². The van der Waals surface area contributed by atoms with Crippen LogP contribution in [0.25, 0.3) is 11.1 Å². The molecule has 0 bridgehead atoms. The number of sulfone groups is 1. The smallest absolute Gasteiger partial charge is 0.328 e. The standard InChI is InChI=1S/C27H23ClF4N2O3S/c1-17-23(21-12-11-19(28)14-22(21)29)24(26(35)33-13-7-6-10-20(33)16-38(2,36)37)34(25(17)27(30,31)32)15-18-8-4-3-5-9-18/h3-14,20H,15-16H2,1-2H3. The van der Waals surface area contributed by atoms with Crippen LogP contribution >= 0.6 is 11.6 Å². The van der Waals surface area contributed by atoms with E-state index in [1.54, 1.807) is 36.4 Å². The highest BCUT2D eigenvalue weighted by molar-refractivity contribution is 7.90. The fourth-order valence-electron chi connectivity index (χ4n) is 4.60. The first-order valence-electron chi connectivity index (χ1n) is 11.4. The third-order valence-corrected chi connectivity index (χ3v) is 7.30. The number of nitrogens with zero attached hydrogens (tertiary/aromatic N) is 2. The van der Waals surface area contributed by atoms with Crippen LogP contribution in [0.1, 0.15) is 27.3 Å². The van der Waals surface area contributed by atoms with E-state index in [4.69, 9.17) is 11.6 Å². The second-order valence-electron chi connectivity index (χ2n) is 8.99. The lowest BCUT2D eigenvalue weighted by molar-refractivity contribution is -0.143. The van der Waals surface area contributed by atoms with Crippen LogP contribution in [0.5, 0.6) is 0 Å². The maximum atomic E-state index is 15.2. The molecule has 200 valence electrons. The molecule has 4 rings (SSSR count). The van der Waals surface area contributed by atoms with Gasteiger partial charge in [-0.25, -0.2) is 12.8 Å². The summed E-state index contributed by atoms with van der Waals surface area (Å²) in [6.45, 7) is 0.849. The Morgan fingerprint density at radius 3 is 2.37 bits per heavy atom. The molecule has 1 aliphatic heterocycles. The minimum atomic E-state index is -4.89. The van der Waals surface area contributed by atoms with Crippen molar-refractivity contribution >= 4 is 27.3 Å². The molecule has 0 radical (unpaired) electrons. The van der Waals surface area contributed by atoms with E-state index in [-0.39, 0.29) is 28.3 Å². The van der Waals surface area contributed by atoms with E-state index in [0.717, 1.165) is 21.8 Å². The van der Waals surface area contributed by atoms with Gasteiger partial charge in [0, 0.05) is 35.2 Å². The van der Waals surface area contributed by atoms with Crippen molar-refractivity contribution in [3.05, 3.63) is 106 Å². The maximum Gasteiger partial charge on any atom is 0.431 e. The zero-order chi connectivity index (χ0) is 27.8. The second kappa shape index (κ2) is 10.4. The Morgan fingerprint density at radius 1 is 1.08 bits per heavy atom. The van der Waals surface area contributed by atoms with E-state index in [1.165, 1.54) is 37.4 Å². The fraction of sp³-hybridized carbons (Fsp3) is 0.222. The van der Waals surface area contributed by atoms with Gasteiger partial charge in [0.2, 0.25) is 0 Å². The van der Waals surface area contributed by atoms with Gasteiger partial charge in [0.05, 0.1) is 11.8 Å². The third kappa shape index (κ3) is 5.71. The Hall–Kier alpha value is -3.37. The molecule has 0 spiro atoms. The largest absolute Gasteiger partial charge is 0.431 e. The van der Waals surface area contributed by atoms with E-state index in [1.807, 2.05) is 0 Å². The molecule has 5 nitrogen and oxygen atoms in total. The molecule has 1 aliphatic rings. The molecule has 1 amide bonds. The van der Waals surface area contributed by atoms with Gasteiger partial charge >= 0.3 is 6.18 Å². The zero-order valence-electron chi connectivity index (χ0n) is 20.3. The van der Waals surface area contributed by atoms with Gasteiger partial charge in [-0.2, -0.15) is 13.2 Å². The highest BCUT2D eigenvalue weighted by Crippen LogP contribution is 2.43. The summed E-state index contributed by atoms with van der Waals surface area (Å²) in [5.74, 6) is -2.26. The van der Waals surface area contributed by atoms with Crippen molar-refractivity contribution in [2.75, 3.05) is 12.0 Å². The number of amides is 1. The number of carbonyl (C=O) groups excluding carboxylic acids is 1. The lowest BCUT2D eigenvalue weighted by Gasteiger charge is -2.29. The van der Waals surface area contributed by atoms with Gasteiger partial charge in [0.15, 0.2) is 0 Å². The number of hydrogen-bond acceptors (Lipinski definition) is 3. The van der Waals surface area contributed by atoms with Crippen LogP contribution in [0.2, 0.25) is 5.02 Å². The topological polar surface area (TPSA) is 59.4 Å². The molecular formula is C27H23ClF4N2O3S. The zero-order valence-corrected chi connectivity index (χ0v) is 21.9. The summed E-state index contributed by atoms with van der Waals surface area (Å²) in [4.78, 5) is 15.1. The number of halogens is 5. The fourth-order valence-corrected chi connectivity index (χ4v) is 5.65. The van der Waals surface area contributed by atoms with Crippen molar-refractivity contribution < 1.29 is 30.8 Å². The average molecular weight is 567 g/mol. The van der Waals surface area contributed by atoms with Gasteiger partial charge in [0.25, 0.3) is 5.91 Å². The molecule has 0 N–H and O–H groups in total. The summed E-state index contributed by atoms with van der Waals surface area (Å²) in [5, 5.41) is 0.0360. The number of allylic oxidation sites excluding steroid dienone is 2. The van der Waals surface area contributed by atoms with Gasteiger partial charge in [0.1, 0.15) is 27.0 Å². The molecule has 0 saturated carbocycles. The lowest BCUT2D eigenvalue weighted by atomic mass is 9.99. The van der Waals surface area contributed by atoms with Crippen LogP contribution in [-0.2, 0) is 22.6 Å². The molecule has 0 fully saturated rings. The normalized spacial score (nSPS) is 15.8. The molecule has 1 aromatic heterocycles. The quantitative estimate of drug-likeness (QED) is 0.331. The average Bonchev–Trinajstić information content (AvgIpc) is 3.10. The summed E-state index contributed by atoms with van der Waals surface area (Å²) in [7, 11) is -3.57. The Bertz CT molecular complexity index is 1540. The lowest BCUT2D eigenvalue weighted by Crippen LogP contribution is -2.41. The van der Waals surface area contributed by atoms with E-state index in [0.29, 0.717) is 5.56 Å². The molecule has 0 aliphatic carbocycles. The van der Waals surface area contributed by atoms with Crippen LogP contribution in [0.4, 0.5) is 17.6 Å². The van der Waals surface area contributed by atoms with Crippen LogP contribution in [0.3, 0.4) is 0 Å². The number of alkyl halides is 3. The molecule has 11 heteroatoms. The third-order valence-electron chi connectivity index (χ3n) is 6.12. The molecular weight excluding hydrogens is 544 g/mol. The van der Waals surface area contributed by atoms with Crippen molar-refractivity contribution in [2.45, 2.75) is 25.7 Å². The molecule has 2 heterocycles. The Labute approximate surface area is 222 Å². The van der Waals surface area contributed by atoms with Crippen molar-refractivity contribution in [1.82, 2.24) is 9.47 Å². The van der Waals surface area contributed by atoms with Crippen LogP contribution < -0.4 is 0 Å². The van der Waals surface area contributed by atoms with Gasteiger partial charge in [-0.1, -0.05) is 54.1 Å². The van der Waals surface area contributed by atoms with Crippen molar-refractivity contribution in [2.24, 2.45) is 0 Å². The Balaban J connectivity index is 2.02. The van der Waals surface area contributed by atoms with Crippen molar-refractivity contribution in [3.8, 4) is 11.1 Å². The highest BCUT2D eigenvalue weighted by Gasteiger charge is 2.42. The van der Waals surface area contributed by atoms with E-state index >= 15 is 4.39 Å². The van der Waals surface area contributed by atoms with E-state index in [2.05, 4.69) is 0 Å². The summed E-state index contributed by atoms with van der Waals surface area (Å²) < 4.78 is 83.7. The number of rotatable bonds is 6. The summed E-state index contributed by atoms with van der Waals surface area (Å²) in [6, 6.07) is 10.8. The molecule has 3 aromatic rings. The van der Waals surface area contributed by atoms with Crippen LogP contribution in [0.15, 0.2) is 73.0 Å². The number of aromatic nitrogens is 1. The predicted octanol–water partition coefficient (Wildman–Crippen LogP) is 6.26. The number of carbonyl (C=O) groups is 1. The van der Waals surface area contributed by atoms with Gasteiger partial charge in [-0.15, -0.1) is 0 Å². The predicted molar refractivity (Wildman–Crippen MR) is 138 cm³/mol. The Kier molecular flexibility index (Phi) is 7.58. The first-order valence-corrected chi connectivity index (χ1v) is 13.9. The molecule has 0 saturated heterocycles. The molecule has 1 atom stereocenters. The number of hydrogen-bond donors (Lipinski definition) is 0. The van der Waals surface area contributed by atoms with Gasteiger partial charge in [-0.05, 0) is 42.3 Å².